The zero-order chi connectivity index (χ0) is 8.04. The predicted molar refractivity (Wildman–Crippen MR) is 40.5 cm³/mol. The van der Waals surface area contributed by atoms with Crippen LogP contribution in [0.3, 0.4) is 0 Å². The summed E-state index contributed by atoms with van der Waals surface area (Å²) in [5.74, 6) is 2.36. The highest BCUT2D eigenvalue weighted by Gasteiger charge is 2.14. The van der Waals surface area contributed by atoms with Crippen molar-refractivity contribution in [2.45, 2.75) is 0 Å². The molecule has 0 spiro atoms. The van der Waals surface area contributed by atoms with Gasteiger partial charge in [0.25, 0.3) is 0 Å². The number of quaternary nitrogens is 1. The molecule has 0 atom stereocenters. The van der Waals surface area contributed by atoms with Crippen molar-refractivity contribution in [3.63, 3.8) is 0 Å². The Kier molecular flexibility index (Phi) is 3.68. The van der Waals surface area contributed by atoms with Gasteiger partial charge in [-0.1, -0.05) is 9.91 Å². The van der Waals surface area contributed by atoms with Crippen LogP contribution in [-0.4, -0.2) is 31.8 Å². The molecule has 0 aromatic carbocycles. The molecule has 0 saturated heterocycles. The topological polar surface area (TPSA) is 48.5 Å². The molecule has 0 aliphatic carbocycles. The normalized spacial score (nSPS) is 10.3. The number of hydrogen-bond acceptors (Lipinski definition) is 4. The van der Waals surface area contributed by atoms with Gasteiger partial charge in [0.1, 0.15) is 7.05 Å². The monoisotopic (exact) mass is 144 g/mol. The standard InChI is InChI=1S/C5H14N5/c1-5-8-9-10(4,6-2)7-3/h6-7,9H,1H2,2-4H3/q+1. The van der Waals surface area contributed by atoms with E-state index < -0.39 is 0 Å². The lowest BCUT2D eigenvalue weighted by Gasteiger charge is -2.26. The van der Waals surface area contributed by atoms with Gasteiger partial charge in [-0.3, -0.25) is 0 Å². The van der Waals surface area contributed by atoms with Crippen molar-refractivity contribution in [1.29, 1.82) is 0 Å². The summed E-state index contributed by atoms with van der Waals surface area (Å²) in [5, 5.41) is 3.62. The van der Waals surface area contributed by atoms with Crippen LogP contribution in [0, 0.1) is 0 Å². The Morgan fingerprint density at radius 2 is 1.90 bits per heavy atom. The quantitative estimate of drug-likeness (QED) is 0.269. The highest BCUT2D eigenvalue weighted by Crippen LogP contribution is 1.77. The molecule has 0 aromatic heterocycles. The van der Waals surface area contributed by atoms with Crippen LogP contribution in [0.4, 0.5) is 0 Å². The Labute approximate surface area is 60.9 Å². The first-order valence-electron chi connectivity index (χ1n) is 2.92. The number of nitrogens with zero attached hydrogens (tertiary/aromatic N) is 2. The molecule has 0 aliphatic heterocycles. The summed E-state index contributed by atoms with van der Waals surface area (Å²) >= 11 is 0. The van der Waals surface area contributed by atoms with Gasteiger partial charge in [0.2, 0.25) is 0 Å². The first-order chi connectivity index (χ1) is 4.68. The maximum Gasteiger partial charge on any atom is 0.131 e. The van der Waals surface area contributed by atoms with E-state index in [1.165, 1.54) is 0 Å². The summed E-state index contributed by atoms with van der Waals surface area (Å²) in [6, 6.07) is 0. The Hall–Kier alpha value is -0.870. The van der Waals surface area contributed by atoms with E-state index in [2.05, 4.69) is 33.9 Å². The molecule has 0 fully saturated rings. The van der Waals surface area contributed by atoms with Crippen molar-refractivity contribution < 1.29 is 4.81 Å². The van der Waals surface area contributed by atoms with Gasteiger partial charge >= 0.3 is 0 Å². The van der Waals surface area contributed by atoms with Crippen LogP contribution in [0.5, 0.6) is 0 Å². The van der Waals surface area contributed by atoms with Crippen molar-refractivity contribution in [3.05, 3.63) is 6.58 Å². The van der Waals surface area contributed by atoms with Crippen LogP contribution in [0.15, 0.2) is 11.7 Å². The van der Waals surface area contributed by atoms with E-state index in [4.69, 9.17) is 0 Å². The minimum Gasteiger partial charge on any atom is -0.125 e. The second kappa shape index (κ2) is 4.03. The molecule has 5 nitrogen and oxygen atoms in total. The van der Waals surface area contributed by atoms with E-state index >= 15 is 0 Å². The van der Waals surface area contributed by atoms with Crippen molar-refractivity contribution in [2.24, 2.45) is 5.10 Å². The lowest BCUT2D eigenvalue weighted by Crippen LogP contribution is -2.67. The fourth-order valence-corrected chi connectivity index (χ4v) is 0.347. The molecule has 5 heteroatoms. The van der Waals surface area contributed by atoms with Crippen LogP contribution in [-0.2, 0) is 0 Å². The Morgan fingerprint density at radius 1 is 1.40 bits per heavy atom. The van der Waals surface area contributed by atoms with Crippen molar-refractivity contribution in [2.75, 3.05) is 21.1 Å². The van der Waals surface area contributed by atoms with E-state index in [0.29, 0.717) is 0 Å². The van der Waals surface area contributed by atoms with E-state index in [1.54, 1.807) is 14.1 Å². The molecule has 58 valence electrons. The summed E-state index contributed by atoms with van der Waals surface area (Å²) in [7, 11) is 5.44. The summed E-state index contributed by atoms with van der Waals surface area (Å²) in [5.41, 5.74) is 8.55. The zero-order valence-corrected chi connectivity index (χ0v) is 6.60. The minimum atomic E-state index is 0.225. The second-order valence-electron chi connectivity index (χ2n) is 1.82. The summed E-state index contributed by atoms with van der Waals surface area (Å²) in [4.78, 5) is 0.225. The number of nitrogens with one attached hydrogen (secondary N) is 3. The molecule has 0 aliphatic rings. The third-order valence-corrected chi connectivity index (χ3v) is 1.22. The van der Waals surface area contributed by atoms with Crippen LogP contribution in [0.1, 0.15) is 0 Å². The molecule has 0 rings (SSSR count). The third kappa shape index (κ3) is 2.61. The van der Waals surface area contributed by atoms with E-state index in [9.17, 15) is 0 Å². The highest BCUT2D eigenvalue weighted by atomic mass is 16.0. The molecular weight excluding hydrogens is 130 g/mol. The van der Waals surface area contributed by atoms with Crippen LogP contribution < -0.4 is 16.4 Å². The predicted octanol–water partition coefficient (Wildman–Crippen LogP) is -1.02. The lowest BCUT2D eigenvalue weighted by molar-refractivity contribution is -1.03. The molecule has 0 radical (unpaired) electrons. The molecule has 0 bridgehead atoms. The van der Waals surface area contributed by atoms with Gasteiger partial charge in [-0.25, -0.2) is 0 Å². The average molecular weight is 144 g/mol. The fraction of sp³-hybridized carbons (Fsp3) is 0.600. The lowest BCUT2D eigenvalue weighted by atomic mass is 11.2. The van der Waals surface area contributed by atoms with Gasteiger partial charge in [-0.05, 0) is 6.58 Å². The van der Waals surface area contributed by atoms with Gasteiger partial charge in [-0.2, -0.15) is 0 Å². The molecule has 0 saturated carbocycles. The minimum absolute atomic E-state index is 0.225. The largest absolute Gasteiger partial charge is 0.131 e. The van der Waals surface area contributed by atoms with Crippen LogP contribution in [0.25, 0.3) is 0 Å². The van der Waals surface area contributed by atoms with Gasteiger partial charge in [0.15, 0.2) is 0 Å². The Morgan fingerprint density at radius 3 is 2.20 bits per heavy atom. The van der Waals surface area contributed by atoms with E-state index in [-0.39, 0.29) is 4.81 Å². The molecule has 3 N–H and O–H groups in total. The molecule has 10 heavy (non-hydrogen) atoms. The molecule has 0 unspecified atom stereocenters. The number of hydrazone groups is 1. The first kappa shape index (κ1) is 9.13. The number of rotatable bonds is 4. The third-order valence-electron chi connectivity index (χ3n) is 1.22. The highest BCUT2D eigenvalue weighted by molar-refractivity contribution is 5.45. The molecule has 0 amide bonds. The SMILES string of the molecule is C=C=NN[N+](C)(NC)NC. The van der Waals surface area contributed by atoms with Crippen molar-refractivity contribution in [3.8, 4) is 0 Å². The summed E-state index contributed by atoms with van der Waals surface area (Å²) < 4.78 is 0. The zero-order valence-electron chi connectivity index (χ0n) is 6.60. The fourth-order valence-electron chi connectivity index (χ4n) is 0.347. The molecule has 0 aromatic rings. The van der Waals surface area contributed by atoms with Crippen molar-refractivity contribution >= 4 is 5.87 Å². The van der Waals surface area contributed by atoms with Gasteiger partial charge in [0, 0.05) is 20.0 Å². The average Bonchev–Trinajstić information content (AvgIpc) is 2.00. The van der Waals surface area contributed by atoms with Crippen LogP contribution >= 0.6 is 0 Å². The number of hydrogen-bond donors (Lipinski definition) is 3. The first-order valence-corrected chi connectivity index (χ1v) is 2.92. The smallest absolute Gasteiger partial charge is 0.125 e. The van der Waals surface area contributed by atoms with Gasteiger partial charge < -0.3 is 0 Å². The Bertz CT molecular complexity index is 133. The van der Waals surface area contributed by atoms with E-state index in [0.717, 1.165) is 0 Å². The summed E-state index contributed by atoms with van der Waals surface area (Å²) in [6.45, 7) is 3.31. The van der Waals surface area contributed by atoms with Gasteiger partial charge in [-0.15, -0.1) is 16.4 Å². The summed E-state index contributed by atoms with van der Waals surface area (Å²) in [6.07, 6.45) is 0. The molecular formula is C5H14N5+. The maximum absolute atomic E-state index is 3.62. The van der Waals surface area contributed by atoms with Crippen molar-refractivity contribution in [1.82, 2.24) is 16.4 Å². The van der Waals surface area contributed by atoms with Gasteiger partial charge in [0.05, 0.1) is 0 Å². The van der Waals surface area contributed by atoms with E-state index in [1.807, 2.05) is 7.05 Å². The maximum atomic E-state index is 3.62. The Balaban J connectivity index is 3.92. The molecule has 0 heterocycles. The van der Waals surface area contributed by atoms with Crippen LogP contribution in [0.2, 0.25) is 0 Å². The second-order valence-corrected chi connectivity index (χ2v) is 1.82.